The SMILES string of the molecule is CNC(=O)c1ccccc1Nc1nc(Nc2cccc(CC(=O)OCc3cccc(Oc4nonc4S(=O)(=O)c4ccccc4)c3)c2)ncc1Cl. The molecule has 0 saturated carbocycles. The molecule has 6 rings (SSSR count). The number of nitrogens with one attached hydrogen (secondary N) is 3. The van der Waals surface area contributed by atoms with Crippen LogP contribution in [0, 0.1) is 0 Å². The Morgan fingerprint density at radius 2 is 1.63 bits per heavy atom. The van der Waals surface area contributed by atoms with E-state index in [9.17, 15) is 18.0 Å². The maximum atomic E-state index is 13.0. The number of hydrogen-bond donors (Lipinski definition) is 3. The molecule has 51 heavy (non-hydrogen) atoms. The van der Waals surface area contributed by atoms with Crippen LogP contribution in [0.15, 0.2) is 124 Å². The first-order chi connectivity index (χ1) is 24.7. The third-order valence-electron chi connectivity index (χ3n) is 7.18. The molecule has 1 amide bonds. The molecule has 2 heterocycles. The summed E-state index contributed by atoms with van der Waals surface area (Å²) in [4.78, 5) is 33.8. The number of anilines is 4. The van der Waals surface area contributed by atoms with Gasteiger partial charge in [0.15, 0.2) is 5.82 Å². The summed E-state index contributed by atoms with van der Waals surface area (Å²) in [5.74, 6) is -0.333. The van der Waals surface area contributed by atoms with Crippen molar-refractivity contribution in [2.24, 2.45) is 0 Å². The van der Waals surface area contributed by atoms with Gasteiger partial charge in [-0.25, -0.2) is 18.0 Å². The number of ether oxygens (including phenoxy) is 2. The Balaban J connectivity index is 1.06. The van der Waals surface area contributed by atoms with Gasteiger partial charge in [-0.1, -0.05) is 66.2 Å². The zero-order valence-electron chi connectivity index (χ0n) is 26.7. The smallest absolute Gasteiger partial charge is 0.310 e. The molecule has 0 aliphatic heterocycles. The molecule has 0 saturated heterocycles. The van der Waals surface area contributed by atoms with Crippen LogP contribution in [-0.2, 0) is 32.4 Å². The van der Waals surface area contributed by atoms with Crippen LogP contribution in [0.4, 0.5) is 23.1 Å². The van der Waals surface area contributed by atoms with E-state index >= 15 is 0 Å². The number of hydrogen-bond acceptors (Lipinski definition) is 13. The molecule has 0 aliphatic carbocycles. The second-order valence-corrected chi connectivity index (χ2v) is 13.0. The molecule has 0 fully saturated rings. The number of rotatable bonds is 13. The zero-order chi connectivity index (χ0) is 35.8. The average molecular weight is 726 g/mol. The summed E-state index contributed by atoms with van der Waals surface area (Å²) in [6.45, 7) is -0.0718. The highest BCUT2D eigenvalue weighted by atomic mass is 35.5. The molecule has 0 atom stereocenters. The number of para-hydroxylation sites is 1. The number of nitrogens with zero attached hydrogens (tertiary/aromatic N) is 4. The van der Waals surface area contributed by atoms with Crippen LogP contribution in [-0.4, -0.2) is 47.6 Å². The van der Waals surface area contributed by atoms with Crippen molar-refractivity contribution in [2.45, 2.75) is 22.9 Å². The van der Waals surface area contributed by atoms with E-state index in [0.717, 1.165) is 0 Å². The van der Waals surface area contributed by atoms with Gasteiger partial charge in [-0.2, -0.15) is 4.98 Å². The maximum Gasteiger partial charge on any atom is 0.310 e. The fourth-order valence-corrected chi connectivity index (χ4v) is 6.07. The lowest BCUT2D eigenvalue weighted by molar-refractivity contribution is -0.144. The summed E-state index contributed by atoms with van der Waals surface area (Å²) in [6, 6.07) is 28.3. The van der Waals surface area contributed by atoms with Crippen LogP contribution in [0.3, 0.4) is 0 Å². The molecule has 16 heteroatoms. The van der Waals surface area contributed by atoms with Crippen LogP contribution in [0.2, 0.25) is 5.02 Å². The Morgan fingerprint density at radius 1 is 0.863 bits per heavy atom. The Labute approximate surface area is 296 Å². The van der Waals surface area contributed by atoms with E-state index < -0.39 is 20.8 Å². The molecule has 258 valence electrons. The predicted octanol–water partition coefficient (Wildman–Crippen LogP) is 6.27. The molecule has 4 aromatic carbocycles. The van der Waals surface area contributed by atoms with E-state index in [4.69, 9.17) is 21.1 Å². The lowest BCUT2D eigenvalue weighted by Crippen LogP contribution is -2.19. The quantitative estimate of drug-likeness (QED) is 0.113. The summed E-state index contributed by atoms with van der Waals surface area (Å²) in [5, 5.41) is 15.7. The summed E-state index contributed by atoms with van der Waals surface area (Å²) < 4.78 is 41.9. The van der Waals surface area contributed by atoms with E-state index in [1.165, 1.54) is 18.3 Å². The molecular formula is C35H28ClN7O7S. The number of aromatic nitrogens is 4. The summed E-state index contributed by atoms with van der Waals surface area (Å²) in [6.07, 6.45) is 1.40. The van der Waals surface area contributed by atoms with E-state index in [1.54, 1.807) is 98.0 Å². The van der Waals surface area contributed by atoms with E-state index in [1.807, 2.05) is 0 Å². The third kappa shape index (κ3) is 8.46. The first-order valence-corrected chi connectivity index (χ1v) is 17.1. The number of esters is 1. The minimum absolute atomic E-state index is 0.00900. The molecule has 3 N–H and O–H groups in total. The van der Waals surface area contributed by atoms with Crippen molar-refractivity contribution in [3.05, 3.63) is 131 Å². The number of amides is 1. The second kappa shape index (κ2) is 15.5. The van der Waals surface area contributed by atoms with Crippen molar-refractivity contribution in [2.75, 3.05) is 17.7 Å². The number of halogens is 1. The highest BCUT2D eigenvalue weighted by Crippen LogP contribution is 2.31. The molecule has 0 aliphatic rings. The minimum Gasteiger partial charge on any atom is -0.461 e. The molecule has 0 bridgehead atoms. The van der Waals surface area contributed by atoms with Crippen molar-refractivity contribution in [3.8, 4) is 11.6 Å². The Kier molecular flexibility index (Phi) is 10.5. The summed E-state index contributed by atoms with van der Waals surface area (Å²) >= 11 is 6.35. The van der Waals surface area contributed by atoms with Gasteiger partial charge in [-0.15, -0.1) is 0 Å². The highest BCUT2D eigenvalue weighted by molar-refractivity contribution is 7.91. The Hall–Kier alpha value is -6.32. The molecule has 6 aromatic rings. The second-order valence-electron chi connectivity index (χ2n) is 10.7. The van der Waals surface area contributed by atoms with Gasteiger partial charge >= 0.3 is 11.8 Å². The van der Waals surface area contributed by atoms with E-state index in [-0.39, 0.29) is 52.2 Å². The summed E-state index contributed by atoms with van der Waals surface area (Å²) in [7, 11) is -2.50. The van der Waals surface area contributed by atoms with Gasteiger partial charge in [0.1, 0.15) is 17.4 Å². The lowest BCUT2D eigenvalue weighted by atomic mass is 10.1. The predicted molar refractivity (Wildman–Crippen MR) is 186 cm³/mol. The van der Waals surface area contributed by atoms with E-state index in [2.05, 4.69) is 40.9 Å². The van der Waals surface area contributed by atoms with Crippen LogP contribution >= 0.6 is 11.6 Å². The first-order valence-electron chi connectivity index (χ1n) is 15.2. The largest absolute Gasteiger partial charge is 0.461 e. The standard InChI is InChI=1S/C35H28ClN7O7S/c1-37-32(45)27-15-5-6-16-29(27)40-31-28(36)20-38-35(41-31)39-24-11-7-9-22(17-24)19-30(44)48-21-23-10-8-12-25(18-23)49-33-34(43-50-42-33)51(46,47)26-13-3-2-4-14-26/h2-18,20H,19,21H2,1H3,(H,37,45)(H2,38,39,40,41). The number of benzene rings is 4. The van der Waals surface area contributed by atoms with Gasteiger partial charge in [0.2, 0.25) is 15.8 Å². The monoisotopic (exact) mass is 725 g/mol. The minimum atomic E-state index is -4.04. The fraction of sp³-hybridized carbons (Fsp3) is 0.0857. The molecule has 0 unspecified atom stereocenters. The molecule has 0 radical (unpaired) electrons. The Morgan fingerprint density at radius 3 is 2.45 bits per heavy atom. The lowest BCUT2D eigenvalue weighted by Gasteiger charge is -2.13. The van der Waals surface area contributed by atoms with Gasteiger partial charge < -0.3 is 25.4 Å². The topological polar surface area (TPSA) is 188 Å². The van der Waals surface area contributed by atoms with Crippen molar-refractivity contribution in [3.63, 3.8) is 0 Å². The van der Waals surface area contributed by atoms with Gasteiger partial charge in [0.25, 0.3) is 10.9 Å². The van der Waals surface area contributed by atoms with Crippen molar-refractivity contribution in [1.29, 1.82) is 0 Å². The van der Waals surface area contributed by atoms with Crippen LogP contribution in [0.5, 0.6) is 11.6 Å². The van der Waals surface area contributed by atoms with E-state index in [0.29, 0.717) is 28.1 Å². The van der Waals surface area contributed by atoms with Crippen molar-refractivity contribution >= 4 is 56.5 Å². The van der Waals surface area contributed by atoms with Crippen LogP contribution < -0.4 is 20.7 Å². The van der Waals surface area contributed by atoms with Gasteiger partial charge in [0, 0.05) is 12.7 Å². The first kappa shape index (κ1) is 34.5. The zero-order valence-corrected chi connectivity index (χ0v) is 28.3. The van der Waals surface area contributed by atoms with Gasteiger partial charge in [-0.05, 0) is 70.0 Å². The van der Waals surface area contributed by atoms with Crippen LogP contribution in [0.1, 0.15) is 21.5 Å². The summed E-state index contributed by atoms with van der Waals surface area (Å²) in [5.41, 5.74) is 2.79. The molecule has 14 nitrogen and oxygen atoms in total. The number of carbonyl (C=O) groups is 2. The number of carbonyl (C=O) groups excluding carboxylic acids is 2. The van der Waals surface area contributed by atoms with Crippen molar-refractivity contribution < 1.29 is 32.1 Å². The van der Waals surface area contributed by atoms with Gasteiger partial charge in [0.05, 0.1) is 28.8 Å². The van der Waals surface area contributed by atoms with Gasteiger partial charge in [-0.3, -0.25) is 9.59 Å². The maximum absolute atomic E-state index is 13.0. The third-order valence-corrected chi connectivity index (χ3v) is 9.11. The highest BCUT2D eigenvalue weighted by Gasteiger charge is 2.29. The number of sulfone groups is 1. The molecule has 0 spiro atoms. The molecule has 2 aromatic heterocycles. The fourth-order valence-electron chi connectivity index (χ4n) is 4.76. The normalized spacial score (nSPS) is 11.0. The molecular weight excluding hydrogens is 698 g/mol. The Bertz CT molecular complexity index is 2300. The van der Waals surface area contributed by atoms with Crippen molar-refractivity contribution in [1.82, 2.24) is 25.6 Å². The average Bonchev–Trinajstić information content (AvgIpc) is 3.62. The van der Waals surface area contributed by atoms with Crippen LogP contribution in [0.25, 0.3) is 0 Å².